The monoisotopic (exact) mass is 399 g/mol. The summed E-state index contributed by atoms with van der Waals surface area (Å²) in [6.45, 7) is 1.87. The molecule has 1 heterocycles. The lowest BCUT2D eigenvalue weighted by atomic mass is 9.71. The smallest absolute Gasteiger partial charge is 0.315 e. The van der Waals surface area contributed by atoms with Crippen LogP contribution >= 0.6 is 11.6 Å². The molecular weight excluding hydrogens is 374 g/mol. The number of halogens is 1. The predicted molar refractivity (Wildman–Crippen MR) is 110 cm³/mol. The first kappa shape index (κ1) is 19.4. The van der Waals surface area contributed by atoms with E-state index in [0.717, 1.165) is 55.5 Å². The van der Waals surface area contributed by atoms with Gasteiger partial charge in [-0.25, -0.2) is 0 Å². The van der Waals surface area contributed by atoms with E-state index in [4.69, 9.17) is 16.3 Å². The van der Waals surface area contributed by atoms with Crippen LogP contribution in [0.3, 0.4) is 0 Å². The first-order valence-electron chi connectivity index (χ1n) is 10.3. The summed E-state index contributed by atoms with van der Waals surface area (Å²) < 4.78 is 5.91. The summed E-state index contributed by atoms with van der Waals surface area (Å²) in [5.41, 5.74) is 3.02. The molecule has 0 N–H and O–H groups in total. The minimum atomic E-state index is -0.595. The molecule has 4 nitrogen and oxygen atoms in total. The highest BCUT2D eigenvalue weighted by molar-refractivity contribution is 6.31. The molecule has 1 fully saturated rings. The zero-order valence-electron chi connectivity index (χ0n) is 16.2. The number of carbonyl (C=O) groups is 2. The van der Waals surface area contributed by atoms with E-state index in [0.29, 0.717) is 17.0 Å². The number of hydrogen-bond donors (Lipinski definition) is 0. The van der Waals surface area contributed by atoms with Crippen LogP contribution in [0, 0.1) is 5.92 Å². The van der Waals surface area contributed by atoms with Crippen LogP contribution in [0.2, 0.25) is 5.02 Å². The van der Waals surface area contributed by atoms with Gasteiger partial charge in [0.2, 0.25) is 0 Å². The summed E-state index contributed by atoms with van der Waals surface area (Å²) in [6.07, 6.45) is 7.26. The molecule has 1 saturated carbocycles. The number of ketones is 1. The maximum absolute atomic E-state index is 13.3. The highest BCUT2D eigenvalue weighted by atomic mass is 35.5. The molecule has 0 saturated heterocycles. The van der Waals surface area contributed by atoms with Gasteiger partial charge in [-0.15, -0.1) is 0 Å². The van der Waals surface area contributed by atoms with E-state index in [-0.39, 0.29) is 17.9 Å². The number of carbonyl (C=O) groups excluding carboxylic acids is 2. The van der Waals surface area contributed by atoms with Crippen molar-refractivity contribution in [1.29, 1.82) is 0 Å². The van der Waals surface area contributed by atoms with E-state index in [1.807, 2.05) is 31.2 Å². The van der Waals surface area contributed by atoms with E-state index < -0.39 is 11.8 Å². The molecule has 2 aliphatic carbocycles. The molecule has 3 aliphatic rings. The second kappa shape index (κ2) is 8.20. The Labute approximate surface area is 171 Å². The van der Waals surface area contributed by atoms with Gasteiger partial charge in [-0.1, -0.05) is 36.2 Å². The highest BCUT2D eigenvalue weighted by Crippen LogP contribution is 2.45. The third-order valence-corrected chi connectivity index (χ3v) is 6.51. The maximum atomic E-state index is 13.3. The van der Waals surface area contributed by atoms with Gasteiger partial charge in [0.25, 0.3) is 0 Å². The Morgan fingerprint density at radius 1 is 1.11 bits per heavy atom. The van der Waals surface area contributed by atoms with Crippen LogP contribution in [-0.2, 0) is 14.3 Å². The second-order valence-electron chi connectivity index (χ2n) is 8.06. The number of benzene rings is 1. The molecule has 0 radical (unpaired) electrons. The number of allylic oxidation sites excluding steroid dienone is 2. The van der Waals surface area contributed by atoms with Crippen LogP contribution in [0.1, 0.15) is 69.8 Å². The van der Waals surface area contributed by atoms with Gasteiger partial charge in [0.15, 0.2) is 5.78 Å². The summed E-state index contributed by atoms with van der Waals surface area (Å²) in [7, 11) is 0. The number of ether oxygens (including phenoxy) is 1. The highest BCUT2D eigenvalue weighted by Gasteiger charge is 2.44. The van der Waals surface area contributed by atoms with Crippen LogP contribution in [0.4, 0.5) is 0 Å². The predicted octanol–water partition coefficient (Wildman–Crippen LogP) is 5.40. The lowest BCUT2D eigenvalue weighted by Gasteiger charge is -2.35. The van der Waals surface area contributed by atoms with Crippen molar-refractivity contribution in [2.45, 2.75) is 70.3 Å². The molecule has 1 aromatic carbocycles. The van der Waals surface area contributed by atoms with Crippen molar-refractivity contribution in [2.24, 2.45) is 10.9 Å². The van der Waals surface area contributed by atoms with Crippen molar-refractivity contribution in [1.82, 2.24) is 0 Å². The molecule has 1 aliphatic heterocycles. The molecule has 0 aromatic heterocycles. The van der Waals surface area contributed by atoms with Crippen LogP contribution in [0.25, 0.3) is 0 Å². The van der Waals surface area contributed by atoms with E-state index in [1.54, 1.807) is 0 Å². The van der Waals surface area contributed by atoms with Crippen molar-refractivity contribution in [3.8, 4) is 0 Å². The normalized spacial score (nSPS) is 25.9. The Hall–Kier alpha value is -1.94. The molecule has 28 heavy (non-hydrogen) atoms. The van der Waals surface area contributed by atoms with Gasteiger partial charge in [0.1, 0.15) is 12.0 Å². The standard InChI is InChI=1S/C23H26ClNO3/c1-14-20(23(27)28-15-8-3-2-4-9-15)21(16-10-5-6-11-17(16)24)22-18(25-14)12-7-13-19(22)26/h5-6,10-11,15,20-21H,2-4,7-9,12-13H2,1H3. The molecule has 5 heteroatoms. The third-order valence-electron chi connectivity index (χ3n) is 6.16. The minimum Gasteiger partial charge on any atom is -0.462 e. The van der Waals surface area contributed by atoms with Crippen LogP contribution in [0.5, 0.6) is 0 Å². The number of nitrogens with zero attached hydrogens (tertiary/aromatic N) is 1. The number of rotatable bonds is 3. The number of hydrogen-bond acceptors (Lipinski definition) is 4. The van der Waals surface area contributed by atoms with Crippen LogP contribution in [-0.4, -0.2) is 23.6 Å². The Morgan fingerprint density at radius 3 is 2.61 bits per heavy atom. The van der Waals surface area contributed by atoms with Gasteiger partial charge in [-0.3, -0.25) is 14.6 Å². The second-order valence-corrected chi connectivity index (χ2v) is 8.47. The summed E-state index contributed by atoms with van der Waals surface area (Å²) in [5, 5.41) is 0.572. The molecule has 0 amide bonds. The Kier molecular flexibility index (Phi) is 5.68. The zero-order valence-corrected chi connectivity index (χ0v) is 17.0. The quantitative estimate of drug-likeness (QED) is 0.639. The number of esters is 1. The number of aliphatic imine (C=N–C) groups is 1. The van der Waals surface area contributed by atoms with Crippen LogP contribution < -0.4 is 0 Å². The van der Waals surface area contributed by atoms with E-state index >= 15 is 0 Å². The summed E-state index contributed by atoms with van der Waals surface area (Å²) in [5.74, 6) is -1.20. The Morgan fingerprint density at radius 2 is 1.86 bits per heavy atom. The van der Waals surface area contributed by atoms with Gasteiger partial charge >= 0.3 is 5.97 Å². The molecule has 1 aromatic rings. The van der Waals surface area contributed by atoms with Crippen LogP contribution in [0.15, 0.2) is 40.5 Å². The molecule has 0 spiro atoms. The summed E-state index contributed by atoms with van der Waals surface area (Å²) in [4.78, 5) is 30.8. The fourth-order valence-electron chi connectivity index (χ4n) is 4.80. The molecule has 2 unspecified atom stereocenters. The van der Waals surface area contributed by atoms with Gasteiger partial charge in [-0.05, 0) is 57.1 Å². The fourth-order valence-corrected chi connectivity index (χ4v) is 5.05. The largest absolute Gasteiger partial charge is 0.462 e. The summed E-state index contributed by atoms with van der Waals surface area (Å²) in [6, 6.07) is 7.50. The molecular formula is C23H26ClNO3. The van der Waals surface area contributed by atoms with Crippen molar-refractivity contribution in [3.05, 3.63) is 46.1 Å². The zero-order chi connectivity index (χ0) is 19.7. The minimum absolute atomic E-state index is 0.0293. The molecule has 4 rings (SSSR count). The van der Waals surface area contributed by atoms with Crippen molar-refractivity contribution < 1.29 is 14.3 Å². The SMILES string of the molecule is CC1=NC2=C(C(=O)CCC2)C(c2ccccc2Cl)C1C(=O)OC1CCCCC1. The average Bonchev–Trinajstić information content (AvgIpc) is 2.68. The van der Waals surface area contributed by atoms with E-state index in [1.165, 1.54) is 6.42 Å². The molecule has 2 atom stereocenters. The fraction of sp³-hybridized carbons (Fsp3) is 0.522. The third kappa shape index (κ3) is 3.67. The Balaban J connectivity index is 1.74. The number of Topliss-reactive ketones (excluding diaryl/α,β-unsaturated/α-hetero) is 1. The first-order valence-corrected chi connectivity index (χ1v) is 10.7. The van der Waals surface area contributed by atoms with Crippen molar-refractivity contribution in [2.75, 3.05) is 0 Å². The maximum Gasteiger partial charge on any atom is 0.315 e. The molecule has 0 bridgehead atoms. The average molecular weight is 400 g/mol. The van der Waals surface area contributed by atoms with Gasteiger partial charge < -0.3 is 4.74 Å². The summed E-state index contributed by atoms with van der Waals surface area (Å²) >= 11 is 6.52. The lowest BCUT2D eigenvalue weighted by molar-refractivity contribution is -0.153. The molecule has 148 valence electrons. The van der Waals surface area contributed by atoms with Crippen molar-refractivity contribution in [3.63, 3.8) is 0 Å². The topological polar surface area (TPSA) is 55.7 Å². The van der Waals surface area contributed by atoms with Crippen molar-refractivity contribution >= 4 is 29.1 Å². The Bertz CT molecular complexity index is 851. The lowest BCUT2D eigenvalue weighted by Crippen LogP contribution is -2.39. The van der Waals surface area contributed by atoms with E-state index in [2.05, 4.69) is 4.99 Å². The van der Waals surface area contributed by atoms with E-state index in [9.17, 15) is 9.59 Å². The van der Waals surface area contributed by atoms with Gasteiger partial charge in [0, 0.05) is 34.3 Å². The van der Waals surface area contributed by atoms with Gasteiger partial charge in [0.05, 0.1) is 0 Å². The van der Waals surface area contributed by atoms with Gasteiger partial charge in [-0.2, -0.15) is 0 Å². The first-order chi connectivity index (χ1) is 13.6.